The lowest BCUT2D eigenvalue weighted by Crippen LogP contribution is -2.25. The third-order valence-corrected chi connectivity index (χ3v) is 10.3. The minimum Gasteiger partial charge on any atom is -0.463 e. The number of unbranched alkanes of at least 4 members (excludes halogenated alkanes) is 10. The number of rotatable bonds is 41. The molecule has 0 aliphatic carbocycles. The van der Waals surface area contributed by atoms with E-state index in [1.807, 2.05) is 85.1 Å². The van der Waals surface area contributed by atoms with Crippen molar-refractivity contribution in [1.29, 1.82) is 0 Å². The Labute approximate surface area is 381 Å². The number of hydrogen-bond acceptors (Lipinski definition) is 13. The van der Waals surface area contributed by atoms with Gasteiger partial charge in [0, 0.05) is 12.8 Å². The molecule has 5 N–H and O–H groups in total. The molecule has 0 aromatic heterocycles. The molecule has 0 aromatic carbocycles. The highest BCUT2D eigenvalue weighted by Gasteiger charge is 2.28. The lowest BCUT2D eigenvalue weighted by Gasteiger charge is -2.19. The fourth-order valence-electron chi connectivity index (χ4n) is 5.01. The zero-order valence-corrected chi connectivity index (χ0v) is 39.7. The van der Waals surface area contributed by atoms with Crippen molar-refractivity contribution < 1.29 is 71.4 Å². The van der Waals surface area contributed by atoms with E-state index in [0.717, 1.165) is 77.0 Å². The zero-order chi connectivity index (χ0) is 47.4. The van der Waals surface area contributed by atoms with Gasteiger partial charge >= 0.3 is 27.6 Å². The molecule has 0 amide bonds. The quantitative estimate of drug-likeness (QED) is 0.0166. The van der Waals surface area contributed by atoms with Gasteiger partial charge in [-0.3, -0.25) is 27.7 Å². The Hall–Kier alpha value is -3.30. The predicted molar refractivity (Wildman–Crippen MR) is 251 cm³/mol. The summed E-state index contributed by atoms with van der Waals surface area (Å²) < 4.78 is 52.9. The van der Waals surface area contributed by atoms with Crippen LogP contribution in [-0.2, 0) is 46.3 Å². The Balaban J connectivity index is 4.00. The van der Waals surface area contributed by atoms with Gasteiger partial charge < -0.3 is 34.6 Å². The van der Waals surface area contributed by atoms with Crippen LogP contribution < -0.4 is 0 Å². The number of esters is 2. The van der Waals surface area contributed by atoms with Crippen molar-refractivity contribution in [3.8, 4) is 0 Å². The van der Waals surface area contributed by atoms with Crippen LogP contribution in [0.1, 0.15) is 117 Å². The third kappa shape index (κ3) is 43.9. The van der Waals surface area contributed by atoms with Gasteiger partial charge in [-0.05, 0) is 51.4 Å². The molecule has 0 heterocycles. The normalized spacial score (nSPS) is 16.2. The Morgan fingerprint density at radius 3 is 1.02 bits per heavy atom. The molecule has 0 saturated carbocycles. The van der Waals surface area contributed by atoms with Crippen molar-refractivity contribution in [3.63, 3.8) is 0 Å². The summed E-state index contributed by atoms with van der Waals surface area (Å²) in [5, 5.41) is 30.0. The Kier molecular flexibility index (Phi) is 40.2. The second-order valence-electron chi connectivity index (χ2n) is 14.5. The fraction of sp³-hybridized carbons (Fsp3) is 0.574. The smallest absolute Gasteiger partial charge is 0.463 e. The Morgan fingerprint density at radius 2 is 0.672 bits per heavy atom. The number of allylic oxidation sites excluding steroid dienone is 18. The summed E-state index contributed by atoms with van der Waals surface area (Å²) in [5.41, 5.74) is 0. The van der Waals surface area contributed by atoms with Crippen molar-refractivity contribution in [2.45, 2.75) is 135 Å². The standard InChI is InChI=1S/C47H76O15P2/c1-3-5-7-9-11-13-15-17-19-20-22-24-26-28-30-32-34-36-47(52)58-38-44(49)40-60-64(55,56)62-42-45(50)41-61-63(53,54)59-39-43(48)37-57-46(51)35-33-31-29-27-25-23-21-18-16-14-12-10-8-6-4-2/h5-17,19-20,22,24,26,43-45,48-50H,3-4,18,21,23,25,27-42H2,1-2H3,(H,53,54)(H,55,56)/b7-5-,8-6+,11-9+,12-10+,15-13+,16-14+,19-17-,22-20+,26-24+. The van der Waals surface area contributed by atoms with E-state index >= 15 is 0 Å². The molecule has 0 fully saturated rings. The summed E-state index contributed by atoms with van der Waals surface area (Å²) in [6.07, 6.45) is 45.1. The van der Waals surface area contributed by atoms with Gasteiger partial charge in [0.05, 0.1) is 26.4 Å². The summed E-state index contributed by atoms with van der Waals surface area (Å²) in [5.74, 6) is -1.06. The molecular weight excluding hydrogens is 866 g/mol. The second kappa shape index (κ2) is 42.3. The average molecular weight is 943 g/mol. The monoisotopic (exact) mass is 942 g/mol. The molecule has 0 bridgehead atoms. The van der Waals surface area contributed by atoms with Crippen LogP contribution in [0.25, 0.3) is 0 Å². The van der Waals surface area contributed by atoms with Crippen molar-refractivity contribution in [2.24, 2.45) is 0 Å². The van der Waals surface area contributed by atoms with Crippen LogP contribution in [0.5, 0.6) is 0 Å². The largest absolute Gasteiger partial charge is 0.472 e. The van der Waals surface area contributed by atoms with Crippen LogP contribution in [-0.4, -0.2) is 95.0 Å². The summed E-state index contributed by atoms with van der Waals surface area (Å²) >= 11 is 0. The van der Waals surface area contributed by atoms with Crippen molar-refractivity contribution in [1.82, 2.24) is 0 Å². The van der Waals surface area contributed by atoms with E-state index in [2.05, 4.69) is 56.2 Å². The summed E-state index contributed by atoms with van der Waals surface area (Å²) in [6, 6.07) is 0. The minimum absolute atomic E-state index is 0.139. The van der Waals surface area contributed by atoms with Crippen LogP contribution in [0.3, 0.4) is 0 Å². The molecule has 364 valence electrons. The van der Waals surface area contributed by atoms with Gasteiger partial charge in [-0.2, -0.15) is 0 Å². The molecule has 0 aromatic rings. The van der Waals surface area contributed by atoms with Crippen molar-refractivity contribution >= 4 is 27.6 Å². The molecular formula is C47H76O15P2. The van der Waals surface area contributed by atoms with Gasteiger partial charge in [-0.1, -0.05) is 162 Å². The van der Waals surface area contributed by atoms with Crippen LogP contribution in [0.4, 0.5) is 0 Å². The van der Waals surface area contributed by atoms with Crippen LogP contribution >= 0.6 is 15.6 Å². The van der Waals surface area contributed by atoms with Gasteiger partial charge in [0.15, 0.2) is 0 Å². The maximum absolute atomic E-state index is 12.1. The number of carbonyl (C=O) groups excluding carboxylic acids is 2. The zero-order valence-electron chi connectivity index (χ0n) is 37.9. The molecule has 0 saturated heterocycles. The van der Waals surface area contributed by atoms with Gasteiger partial charge in [0.2, 0.25) is 0 Å². The van der Waals surface area contributed by atoms with Crippen LogP contribution in [0.2, 0.25) is 0 Å². The van der Waals surface area contributed by atoms with Crippen LogP contribution in [0, 0.1) is 0 Å². The van der Waals surface area contributed by atoms with Crippen molar-refractivity contribution in [3.05, 3.63) is 109 Å². The molecule has 64 heavy (non-hydrogen) atoms. The fourth-order valence-corrected chi connectivity index (χ4v) is 6.60. The van der Waals surface area contributed by atoms with Gasteiger partial charge in [0.25, 0.3) is 0 Å². The first-order valence-corrected chi connectivity index (χ1v) is 25.3. The van der Waals surface area contributed by atoms with Crippen molar-refractivity contribution in [2.75, 3.05) is 39.6 Å². The number of carbonyl (C=O) groups is 2. The molecule has 0 rings (SSSR count). The second-order valence-corrected chi connectivity index (χ2v) is 17.4. The number of aliphatic hydroxyl groups is 3. The molecule has 0 spiro atoms. The van der Waals surface area contributed by atoms with E-state index in [1.165, 1.54) is 0 Å². The predicted octanol–water partition coefficient (Wildman–Crippen LogP) is 9.71. The Morgan fingerprint density at radius 1 is 0.406 bits per heavy atom. The SMILES string of the molecule is CC\C=C/C=C/C=C/C=C\C=C\C=C\CCCCCC(=O)OCC(O)COP(=O)(O)OCC(O)COP(=O)(O)OCC(O)COC(=O)CCCCCCCCC/C=C/C=C/C=C/CC. The maximum atomic E-state index is 12.1. The minimum atomic E-state index is -4.80. The number of aliphatic hydroxyl groups excluding tert-OH is 3. The van der Waals surface area contributed by atoms with Gasteiger partial charge in [-0.15, -0.1) is 0 Å². The average Bonchev–Trinajstić information content (AvgIpc) is 3.27. The van der Waals surface area contributed by atoms with E-state index < -0.39 is 85.5 Å². The molecule has 0 aliphatic heterocycles. The van der Waals surface area contributed by atoms with Gasteiger partial charge in [0.1, 0.15) is 31.5 Å². The first-order chi connectivity index (χ1) is 30.8. The highest BCUT2D eigenvalue weighted by atomic mass is 31.2. The lowest BCUT2D eigenvalue weighted by molar-refractivity contribution is -0.148. The number of hydrogen-bond donors (Lipinski definition) is 5. The van der Waals surface area contributed by atoms with Gasteiger partial charge in [-0.25, -0.2) is 9.13 Å². The maximum Gasteiger partial charge on any atom is 0.472 e. The molecule has 5 atom stereocenters. The van der Waals surface area contributed by atoms with E-state index in [9.17, 15) is 43.8 Å². The molecule has 0 radical (unpaired) electrons. The topological polar surface area (TPSA) is 225 Å². The first kappa shape index (κ1) is 60.7. The molecule has 17 heteroatoms. The highest BCUT2D eigenvalue weighted by Crippen LogP contribution is 2.45. The van der Waals surface area contributed by atoms with E-state index in [1.54, 1.807) is 0 Å². The number of phosphoric acid groups is 2. The van der Waals surface area contributed by atoms with E-state index in [0.29, 0.717) is 12.8 Å². The van der Waals surface area contributed by atoms with Crippen LogP contribution in [0.15, 0.2) is 109 Å². The van der Waals surface area contributed by atoms with E-state index in [4.69, 9.17) is 9.47 Å². The van der Waals surface area contributed by atoms with E-state index in [-0.39, 0.29) is 12.8 Å². The Bertz CT molecular complexity index is 1560. The number of ether oxygens (including phenoxy) is 2. The first-order valence-electron chi connectivity index (χ1n) is 22.4. The summed E-state index contributed by atoms with van der Waals surface area (Å²) in [7, 11) is -9.60. The lowest BCUT2D eigenvalue weighted by atomic mass is 10.1. The molecule has 15 nitrogen and oxygen atoms in total. The molecule has 0 aliphatic rings. The third-order valence-electron chi connectivity index (χ3n) is 8.45. The molecule has 5 unspecified atom stereocenters. The summed E-state index contributed by atoms with van der Waals surface area (Å²) in [4.78, 5) is 43.7. The number of phosphoric ester groups is 2. The highest BCUT2D eigenvalue weighted by molar-refractivity contribution is 7.47. The summed E-state index contributed by atoms with van der Waals surface area (Å²) in [6.45, 7) is 0.0279.